The van der Waals surface area contributed by atoms with E-state index in [1.807, 2.05) is 35.4 Å². The molecule has 0 N–H and O–H groups in total. The third-order valence-electron chi connectivity index (χ3n) is 5.39. The molecule has 4 heterocycles. The van der Waals surface area contributed by atoms with E-state index in [1.54, 1.807) is 28.2 Å². The van der Waals surface area contributed by atoms with E-state index in [1.165, 1.54) is 0 Å². The summed E-state index contributed by atoms with van der Waals surface area (Å²) in [5, 5.41) is 2.50. The fourth-order valence-corrected chi connectivity index (χ4v) is 4.36. The minimum Gasteiger partial charge on any atom is -0.336 e. The van der Waals surface area contributed by atoms with E-state index in [-0.39, 0.29) is 11.5 Å². The number of thiophene rings is 1. The number of pyridine rings is 2. The Kier molecular flexibility index (Phi) is 5.28. The molecular formula is C21H24N4O2S. The van der Waals surface area contributed by atoms with Crippen molar-refractivity contribution < 1.29 is 4.79 Å². The van der Waals surface area contributed by atoms with Crippen molar-refractivity contribution in [3.05, 3.63) is 62.3 Å². The third kappa shape index (κ3) is 3.59. The molecule has 0 aliphatic carbocycles. The summed E-state index contributed by atoms with van der Waals surface area (Å²) in [6.07, 6.45) is 1.78. The number of hydrogen-bond donors (Lipinski definition) is 0. The number of amides is 1. The smallest absolute Gasteiger partial charge is 0.260 e. The van der Waals surface area contributed by atoms with Crippen LogP contribution in [0.4, 0.5) is 0 Å². The highest BCUT2D eigenvalue weighted by molar-refractivity contribution is 7.09. The molecule has 1 amide bonds. The van der Waals surface area contributed by atoms with Gasteiger partial charge in [0.05, 0.1) is 28.7 Å². The Labute approximate surface area is 168 Å². The summed E-state index contributed by atoms with van der Waals surface area (Å²) in [4.78, 5) is 35.9. The van der Waals surface area contributed by atoms with Gasteiger partial charge in [-0.25, -0.2) is 0 Å². The van der Waals surface area contributed by atoms with Crippen LogP contribution in [-0.4, -0.2) is 58.0 Å². The van der Waals surface area contributed by atoms with Crippen LogP contribution < -0.4 is 5.56 Å². The molecule has 0 radical (unpaired) electrons. The Balaban J connectivity index is 1.67. The molecule has 28 heavy (non-hydrogen) atoms. The summed E-state index contributed by atoms with van der Waals surface area (Å²) in [5.74, 6) is -0.0317. The maximum absolute atomic E-state index is 13.1. The monoisotopic (exact) mass is 396 g/mol. The predicted molar refractivity (Wildman–Crippen MR) is 112 cm³/mol. The number of hydrogen-bond acceptors (Lipinski definition) is 5. The Bertz CT molecular complexity index is 1050. The summed E-state index contributed by atoms with van der Waals surface area (Å²) in [6.45, 7) is 8.70. The van der Waals surface area contributed by atoms with Crippen LogP contribution in [0.3, 0.4) is 0 Å². The van der Waals surface area contributed by atoms with E-state index in [0.717, 1.165) is 24.5 Å². The molecule has 1 saturated heterocycles. The molecule has 146 valence electrons. The van der Waals surface area contributed by atoms with Crippen LogP contribution in [0.15, 0.2) is 40.6 Å². The first-order valence-corrected chi connectivity index (χ1v) is 10.5. The molecule has 1 aliphatic rings. The second-order valence-corrected chi connectivity index (χ2v) is 8.14. The van der Waals surface area contributed by atoms with E-state index in [0.29, 0.717) is 41.8 Å². The van der Waals surface area contributed by atoms with E-state index < -0.39 is 0 Å². The lowest BCUT2D eigenvalue weighted by atomic mass is 10.1. The van der Waals surface area contributed by atoms with Gasteiger partial charge >= 0.3 is 0 Å². The zero-order chi connectivity index (χ0) is 19.7. The minimum absolute atomic E-state index is 0.0317. The zero-order valence-electron chi connectivity index (χ0n) is 16.2. The summed E-state index contributed by atoms with van der Waals surface area (Å²) >= 11 is 1.62. The lowest BCUT2D eigenvalue weighted by Crippen LogP contribution is -2.48. The second-order valence-electron chi connectivity index (χ2n) is 7.11. The standard InChI is InChI=1S/C21H24N4O2S/c1-3-23-8-10-24(11-9-23)20(26)17-13-18-19(22-15(17)2)6-7-25(21(18)27)14-16-5-4-12-28-16/h4-7,12-13H,3,8-11,14H2,1-2H3. The van der Waals surface area contributed by atoms with Gasteiger partial charge in [0.1, 0.15) is 0 Å². The molecule has 4 rings (SSSR count). The summed E-state index contributed by atoms with van der Waals surface area (Å²) in [7, 11) is 0. The van der Waals surface area contributed by atoms with Gasteiger partial charge in [-0.05, 0) is 37.0 Å². The molecule has 0 bridgehead atoms. The maximum Gasteiger partial charge on any atom is 0.260 e. The first-order chi connectivity index (χ1) is 13.6. The van der Waals surface area contributed by atoms with Gasteiger partial charge in [-0.1, -0.05) is 13.0 Å². The molecule has 0 atom stereocenters. The summed E-state index contributed by atoms with van der Waals surface area (Å²) in [6, 6.07) is 7.58. The van der Waals surface area contributed by atoms with Gasteiger partial charge in [0.2, 0.25) is 0 Å². The van der Waals surface area contributed by atoms with Crippen molar-refractivity contribution in [2.24, 2.45) is 0 Å². The number of likely N-dealkylation sites (N-methyl/N-ethyl adjacent to an activating group) is 1. The molecule has 0 spiro atoms. The van der Waals surface area contributed by atoms with E-state index in [2.05, 4.69) is 16.8 Å². The normalized spacial score (nSPS) is 15.3. The fourth-order valence-electron chi connectivity index (χ4n) is 3.65. The van der Waals surface area contributed by atoms with Crippen LogP contribution in [0, 0.1) is 6.92 Å². The average Bonchev–Trinajstić information content (AvgIpc) is 3.22. The lowest BCUT2D eigenvalue weighted by Gasteiger charge is -2.34. The zero-order valence-corrected chi connectivity index (χ0v) is 17.0. The van der Waals surface area contributed by atoms with Gasteiger partial charge in [-0.2, -0.15) is 0 Å². The Morgan fingerprint density at radius 3 is 2.68 bits per heavy atom. The number of aromatic nitrogens is 2. The van der Waals surface area contributed by atoms with Crippen molar-refractivity contribution in [3.8, 4) is 0 Å². The van der Waals surface area contributed by atoms with E-state index in [9.17, 15) is 9.59 Å². The first-order valence-electron chi connectivity index (χ1n) is 9.61. The van der Waals surface area contributed by atoms with Crippen molar-refractivity contribution in [1.29, 1.82) is 0 Å². The topological polar surface area (TPSA) is 58.4 Å². The average molecular weight is 397 g/mol. The van der Waals surface area contributed by atoms with Crippen LogP contribution >= 0.6 is 11.3 Å². The highest BCUT2D eigenvalue weighted by Crippen LogP contribution is 2.17. The molecule has 1 aliphatic heterocycles. The van der Waals surface area contributed by atoms with Gasteiger partial charge in [-0.15, -0.1) is 11.3 Å². The van der Waals surface area contributed by atoms with Gasteiger partial charge in [0.25, 0.3) is 11.5 Å². The van der Waals surface area contributed by atoms with Crippen LogP contribution in [-0.2, 0) is 6.54 Å². The van der Waals surface area contributed by atoms with Gasteiger partial charge in [0.15, 0.2) is 0 Å². The number of carbonyl (C=O) groups is 1. The quantitative estimate of drug-likeness (QED) is 0.680. The Hall–Kier alpha value is -2.51. The Morgan fingerprint density at radius 2 is 2.00 bits per heavy atom. The molecule has 0 unspecified atom stereocenters. The van der Waals surface area contributed by atoms with Crippen molar-refractivity contribution in [1.82, 2.24) is 19.4 Å². The highest BCUT2D eigenvalue weighted by atomic mass is 32.1. The van der Waals surface area contributed by atoms with Crippen LogP contribution in [0.5, 0.6) is 0 Å². The molecular weight excluding hydrogens is 372 g/mol. The number of carbonyl (C=O) groups excluding carboxylic acids is 1. The molecule has 0 aromatic carbocycles. The van der Waals surface area contributed by atoms with Crippen LogP contribution in [0.1, 0.15) is 27.9 Å². The molecule has 1 fully saturated rings. The maximum atomic E-state index is 13.1. The van der Waals surface area contributed by atoms with Crippen molar-refractivity contribution in [2.75, 3.05) is 32.7 Å². The minimum atomic E-state index is -0.108. The third-order valence-corrected chi connectivity index (χ3v) is 6.25. The highest BCUT2D eigenvalue weighted by Gasteiger charge is 2.23. The lowest BCUT2D eigenvalue weighted by molar-refractivity contribution is 0.0642. The molecule has 3 aromatic heterocycles. The van der Waals surface area contributed by atoms with Crippen LogP contribution in [0.25, 0.3) is 10.9 Å². The largest absolute Gasteiger partial charge is 0.336 e. The van der Waals surface area contributed by atoms with Crippen molar-refractivity contribution in [3.63, 3.8) is 0 Å². The molecule has 6 nitrogen and oxygen atoms in total. The van der Waals surface area contributed by atoms with E-state index >= 15 is 0 Å². The SMILES string of the molecule is CCN1CCN(C(=O)c2cc3c(=O)n(Cc4cccs4)ccc3nc2C)CC1. The van der Waals surface area contributed by atoms with Crippen molar-refractivity contribution >= 4 is 28.1 Å². The van der Waals surface area contributed by atoms with Gasteiger partial charge < -0.3 is 14.4 Å². The number of rotatable bonds is 4. The number of nitrogens with zero attached hydrogens (tertiary/aromatic N) is 4. The number of piperazine rings is 1. The van der Waals surface area contributed by atoms with Crippen molar-refractivity contribution in [2.45, 2.75) is 20.4 Å². The molecule has 7 heteroatoms. The van der Waals surface area contributed by atoms with E-state index in [4.69, 9.17) is 0 Å². The van der Waals surface area contributed by atoms with Gasteiger partial charge in [0, 0.05) is 37.3 Å². The summed E-state index contributed by atoms with van der Waals surface area (Å²) in [5.41, 5.74) is 1.73. The Morgan fingerprint density at radius 1 is 1.21 bits per heavy atom. The fraction of sp³-hybridized carbons (Fsp3) is 0.381. The first kappa shape index (κ1) is 18.8. The second kappa shape index (κ2) is 7.85. The predicted octanol–water partition coefficient (Wildman–Crippen LogP) is 2.59. The summed E-state index contributed by atoms with van der Waals surface area (Å²) < 4.78 is 1.68. The number of aryl methyl sites for hydroxylation is 1. The number of fused-ring (bicyclic) bond motifs is 1. The van der Waals surface area contributed by atoms with Crippen LogP contribution in [0.2, 0.25) is 0 Å². The van der Waals surface area contributed by atoms with Gasteiger partial charge in [-0.3, -0.25) is 14.6 Å². The molecule has 3 aromatic rings. The molecule has 0 saturated carbocycles.